The lowest BCUT2D eigenvalue weighted by molar-refractivity contribution is 0.564. The molecule has 0 saturated carbocycles. The molecule has 22 heavy (non-hydrogen) atoms. The summed E-state index contributed by atoms with van der Waals surface area (Å²) in [6.07, 6.45) is 5.16. The Kier molecular flexibility index (Phi) is 2.90. The van der Waals surface area contributed by atoms with Gasteiger partial charge in [0, 0.05) is 6.20 Å². The Bertz CT molecular complexity index is 873. The minimum atomic E-state index is 0.181. The van der Waals surface area contributed by atoms with Gasteiger partial charge in [-0.2, -0.15) is 0 Å². The van der Waals surface area contributed by atoms with Gasteiger partial charge in [0.05, 0.1) is 5.69 Å². The highest BCUT2D eigenvalue weighted by Gasteiger charge is 2.33. The summed E-state index contributed by atoms with van der Waals surface area (Å²) >= 11 is 0. The van der Waals surface area contributed by atoms with Crippen LogP contribution in [0.2, 0.25) is 0 Å². The van der Waals surface area contributed by atoms with Crippen LogP contribution in [-0.2, 0) is 5.41 Å². The van der Waals surface area contributed by atoms with Gasteiger partial charge in [0.1, 0.15) is 0 Å². The number of hydrogen-bond acceptors (Lipinski definition) is 1. The van der Waals surface area contributed by atoms with Crippen molar-refractivity contribution in [3.8, 4) is 0 Å². The van der Waals surface area contributed by atoms with Crippen LogP contribution in [0, 0.1) is 0 Å². The molecule has 0 spiro atoms. The summed E-state index contributed by atoms with van der Waals surface area (Å²) in [6.45, 7) is 4.67. The van der Waals surface area contributed by atoms with Crippen LogP contribution in [-0.4, -0.2) is 4.98 Å². The highest BCUT2D eigenvalue weighted by Crippen LogP contribution is 2.47. The molecule has 1 aliphatic rings. The van der Waals surface area contributed by atoms with Crippen molar-refractivity contribution >= 4 is 22.4 Å². The molecule has 108 valence electrons. The number of benzene rings is 2. The van der Waals surface area contributed by atoms with E-state index in [0.29, 0.717) is 0 Å². The Hall–Kier alpha value is -2.41. The topological polar surface area (TPSA) is 12.9 Å². The second kappa shape index (κ2) is 4.81. The standard InChI is InChI=1S/C21H19N/c1-21(2)14-17(11-18-9-5-6-10-22-18)19-12-15-7-3-4-8-16(15)13-20(19)21/h3-13H,14H2,1-2H3/b17-11-. The molecule has 0 aliphatic heterocycles. The van der Waals surface area contributed by atoms with Crippen molar-refractivity contribution in [2.24, 2.45) is 0 Å². The number of rotatable bonds is 1. The fourth-order valence-corrected chi connectivity index (χ4v) is 3.50. The minimum absolute atomic E-state index is 0.181. The summed E-state index contributed by atoms with van der Waals surface area (Å²) in [4.78, 5) is 4.45. The first-order valence-corrected chi connectivity index (χ1v) is 7.79. The van der Waals surface area contributed by atoms with E-state index in [2.05, 4.69) is 67.4 Å². The quantitative estimate of drug-likeness (QED) is 0.579. The molecule has 0 amide bonds. The maximum absolute atomic E-state index is 4.45. The second-order valence-corrected chi connectivity index (χ2v) is 6.73. The van der Waals surface area contributed by atoms with Gasteiger partial charge in [-0.15, -0.1) is 0 Å². The summed E-state index contributed by atoms with van der Waals surface area (Å²) in [5, 5.41) is 2.64. The predicted octanol–water partition coefficient (Wildman–Crippen LogP) is 5.46. The van der Waals surface area contributed by atoms with Crippen LogP contribution in [0.4, 0.5) is 0 Å². The monoisotopic (exact) mass is 285 g/mol. The summed E-state index contributed by atoms with van der Waals surface area (Å²) in [7, 11) is 0. The highest BCUT2D eigenvalue weighted by molar-refractivity contribution is 5.94. The normalized spacial score (nSPS) is 17.8. The maximum Gasteiger partial charge on any atom is 0.0632 e. The first kappa shape index (κ1) is 13.3. The molecule has 0 unspecified atom stereocenters. The number of pyridine rings is 1. The number of allylic oxidation sites excluding steroid dienone is 1. The number of fused-ring (bicyclic) bond motifs is 2. The molecule has 1 heterocycles. The van der Waals surface area contributed by atoms with E-state index in [1.165, 1.54) is 27.5 Å². The number of nitrogens with zero attached hydrogens (tertiary/aromatic N) is 1. The summed E-state index contributed by atoms with van der Waals surface area (Å²) in [5.41, 5.74) is 5.45. The van der Waals surface area contributed by atoms with Crippen LogP contribution in [0.5, 0.6) is 0 Å². The van der Waals surface area contributed by atoms with Gasteiger partial charge in [0.15, 0.2) is 0 Å². The number of hydrogen-bond donors (Lipinski definition) is 0. The third kappa shape index (κ3) is 2.14. The minimum Gasteiger partial charge on any atom is -0.257 e. The van der Waals surface area contributed by atoms with Gasteiger partial charge in [-0.05, 0) is 69.6 Å². The van der Waals surface area contributed by atoms with Crippen molar-refractivity contribution in [1.82, 2.24) is 4.98 Å². The van der Waals surface area contributed by atoms with E-state index in [1.54, 1.807) is 0 Å². The molecule has 1 aromatic heterocycles. The SMILES string of the molecule is CC1(C)C/C(=C/c2ccccn2)c2cc3ccccc3cc21. The van der Waals surface area contributed by atoms with E-state index in [9.17, 15) is 0 Å². The first-order valence-electron chi connectivity index (χ1n) is 7.79. The molecule has 0 N–H and O–H groups in total. The Balaban J connectivity index is 1.93. The van der Waals surface area contributed by atoms with Gasteiger partial charge in [-0.25, -0.2) is 0 Å². The van der Waals surface area contributed by atoms with Crippen molar-refractivity contribution in [2.45, 2.75) is 25.7 Å². The third-order valence-electron chi connectivity index (χ3n) is 4.60. The molecule has 2 aromatic carbocycles. The van der Waals surface area contributed by atoms with Crippen molar-refractivity contribution in [3.05, 3.63) is 77.6 Å². The second-order valence-electron chi connectivity index (χ2n) is 6.73. The Morgan fingerprint density at radius 1 is 0.955 bits per heavy atom. The predicted molar refractivity (Wildman–Crippen MR) is 93.7 cm³/mol. The van der Waals surface area contributed by atoms with Crippen molar-refractivity contribution < 1.29 is 0 Å². The van der Waals surface area contributed by atoms with Crippen LogP contribution in [0.3, 0.4) is 0 Å². The molecule has 1 aliphatic carbocycles. The Labute approximate surface area is 131 Å². The molecule has 1 heteroatoms. The van der Waals surface area contributed by atoms with Gasteiger partial charge >= 0.3 is 0 Å². The highest BCUT2D eigenvalue weighted by atomic mass is 14.7. The van der Waals surface area contributed by atoms with Crippen LogP contribution in [0.25, 0.3) is 22.4 Å². The maximum atomic E-state index is 4.45. The van der Waals surface area contributed by atoms with E-state index in [4.69, 9.17) is 0 Å². The van der Waals surface area contributed by atoms with Crippen molar-refractivity contribution in [2.75, 3.05) is 0 Å². The lowest BCUT2D eigenvalue weighted by atomic mass is 9.85. The molecule has 4 rings (SSSR count). The first-order chi connectivity index (χ1) is 10.6. The third-order valence-corrected chi connectivity index (χ3v) is 4.60. The van der Waals surface area contributed by atoms with E-state index in [-0.39, 0.29) is 5.41 Å². The van der Waals surface area contributed by atoms with Gasteiger partial charge in [0.2, 0.25) is 0 Å². The van der Waals surface area contributed by atoms with Crippen LogP contribution in [0.15, 0.2) is 60.8 Å². The van der Waals surface area contributed by atoms with Gasteiger partial charge in [-0.3, -0.25) is 4.98 Å². The van der Waals surface area contributed by atoms with Crippen LogP contribution < -0.4 is 0 Å². The molecule has 1 nitrogen and oxygen atoms in total. The Morgan fingerprint density at radius 2 is 1.68 bits per heavy atom. The molecule has 0 radical (unpaired) electrons. The molecule has 0 fully saturated rings. The smallest absolute Gasteiger partial charge is 0.0632 e. The summed E-state index contributed by atoms with van der Waals surface area (Å²) in [5.74, 6) is 0. The summed E-state index contributed by atoms with van der Waals surface area (Å²) < 4.78 is 0. The summed E-state index contributed by atoms with van der Waals surface area (Å²) in [6, 6.07) is 19.4. The zero-order valence-corrected chi connectivity index (χ0v) is 13.0. The molecule has 3 aromatic rings. The average Bonchev–Trinajstić information content (AvgIpc) is 2.77. The van der Waals surface area contributed by atoms with Gasteiger partial charge in [0.25, 0.3) is 0 Å². The van der Waals surface area contributed by atoms with E-state index in [1.807, 2.05) is 18.3 Å². The van der Waals surface area contributed by atoms with E-state index in [0.717, 1.165) is 12.1 Å². The van der Waals surface area contributed by atoms with Gasteiger partial charge < -0.3 is 0 Å². The fourth-order valence-electron chi connectivity index (χ4n) is 3.50. The zero-order valence-electron chi connectivity index (χ0n) is 13.0. The molecule has 0 saturated heterocycles. The van der Waals surface area contributed by atoms with Crippen LogP contribution >= 0.6 is 0 Å². The van der Waals surface area contributed by atoms with E-state index < -0.39 is 0 Å². The zero-order chi connectivity index (χ0) is 15.2. The lowest BCUT2D eigenvalue weighted by Gasteiger charge is -2.18. The largest absolute Gasteiger partial charge is 0.257 e. The average molecular weight is 285 g/mol. The molecular formula is C21H19N. The van der Waals surface area contributed by atoms with Crippen molar-refractivity contribution in [1.29, 1.82) is 0 Å². The lowest BCUT2D eigenvalue weighted by Crippen LogP contribution is -2.11. The Morgan fingerprint density at radius 3 is 2.41 bits per heavy atom. The van der Waals surface area contributed by atoms with Crippen LogP contribution in [0.1, 0.15) is 37.1 Å². The van der Waals surface area contributed by atoms with Gasteiger partial charge in [-0.1, -0.05) is 44.2 Å². The molecular weight excluding hydrogens is 266 g/mol. The fraction of sp³-hybridized carbons (Fsp3) is 0.190. The molecule has 0 bridgehead atoms. The number of aromatic nitrogens is 1. The van der Waals surface area contributed by atoms with Crippen molar-refractivity contribution in [3.63, 3.8) is 0 Å². The van der Waals surface area contributed by atoms with E-state index >= 15 is 0 Å². The molecule has 0 atom stereocenters.